The quantitative estimate of drug-likeness (QED) is 0.801. The highest BCUT2D eigenvalue weighted by atomic mass is 35.5. The van der Waals surface area contributed by atoms with Gasteiger partial charge in [-0.1, -0.05) is 25.4 Å². The van der Waals surface area contributed by atoms with Crippen molar-refractivity contribution < 1.29 is 5.11 Å². The van der Waals surface area contributed by atoms with Gasteiger partial charge in [-0.05, 0) is 0 Å². The first-order valence-corrected chi connectivity index (χ1v) is 4.73. The van der Waals surface area contributed by atoms with Crippen LogP contribution in [0.2, 0.25) is 5.15 Å². The number of hydrogen-bond acceptors (Lipinski definition) is 4. The van der Waals surface area contributed by atoms with E-state index in [1.54, 1.807) is 6.20 Å². The first kappa shape index (κ1) is 11.2. The topological polar surface area (TPSA) is 58.0 Å². The number of hydrogen-bond donors (Lipinski definition) is 2. The van der Waals surface area contributed by atoms with Crippen LogP contribution in [0.4, 0.5) is 5.82 Å². The number of rotatable bonds is 4. The van der Waals surface area contributed by atoms with Gasteiger partial charge in [0.1, 0.15) is 11.0 Å². The summed E-state index contributed by atoms with van der Waals surface area (Å²) in [4.78, 5) is 7.91. The molecule has 0 bridgehead atoms. The van der Waals surface area contributed by atoms with Crippen LogP contribution in [-0.2, 0) is 0 Å². The second-order valence-corrected chi connectivity index (χ2v) is 4.29. The van der Waals surface area contributed by atoms with Crippen LogP contribution in [-0.4, -0.2) is 28.2 Å². The molecule has 0 saturated carbocycles. The van der Waals surface area contributed by atoms with Gasteiger partial charge < -0.3 is 10.4 Å². The van der Waals surface area contributed by atoms with Crippen molar-refractivity contribution in [1.29, 1.82) is 0 Å². The van der Waals surface area contributed by atoms with E-state index in [4.69, 9.17) is 16.7 Å². The van der Waals surface area contributed by atoms with Gasteiger partial charge in [-0.3, -0.25) is 4.98 Å². The molecule has 2 N–H and O–H groups in total. The molecule has 0 atom stereocenters. The largest absolute Gasteiger partial charge is 0.396 e. The number of nitrogens with one attached hydrogen (secondary N) is 1. The summed E-state index contributed by atoms with van der Waals surface area (Å²) in [6.45, 7) is 4.66. The molecule has 1 heterocycles. The molecule has 14 heavy (non-hydrogen) atoms. The van der Waals surface area contributed by atoms with Crippen molar-refractivity contribution in [2.75, 3.05) is 18.5 Å². The fourth-order valence-corrected chi connectivity index (χ4v) is 0.960. The zero-order valence-corrected chi connectivity index (χ0v) is 9.04. The van der Waals surface area contributed by atoms with E-state index in [1.165, 1.54) is 6.20 Å². The number of aliphatic hydroxyl groups excluding tert-OH is 1. The van der Waals surface area contributed by atoms with E-state index in [-0.39, 0.29) is 12.0 Å². The number of anilines is 1. The van der Waals surface area contributed by atoms with Gasteiger partial charge in [0.25, 0.3) is 0 Å². The zero-order valence-electron chi connectivity index (χ0n) is 8.29. The monoisotopic (exact) mass is 215 g/mol. The summed E-state index contributed by atoms with van der Waals surface area (Å²) in [6, 6.07) is 0. The van der Waals surface area contributed by atoms with Crippen molar-refractivity contribution in [3.8, 4) is 0 Å². The normalized spacial score (nSPS) is 11.4. The smallest absolute Gasteiger partial charge is 0.149 e. The molecule has 0 unspecified atom stereocenters. The minimum absolute atomic E-state index is 0.119. The Kier molecular flexibility index (Phi) is 3.66. The zero-order chi connectivity index (χ0) is 10.6. The van der Waals surface area contributed by atoms with Crippen molar-refractivity contribution in [3.05, 3.63) is 17.5 Å². The molecule has 0 fully saturated rings. The summed E-state index contributed by atoms with van der Waals surface area (Å²) in [5.41, 5.74) is -0.177. The molecule has 0 radical (unpaired) electrons. The maximum atomic E-state index is 9.02. The number of nitrogens with zero attached hydrogens (tertiary/aromatic N) is 2. The second-order valence-electron chi connectivity index (χ2n) is 3.90. The van der Waals surface area contributed by atoms with Crippen LogP contribution in [0.25, 0.3) is 0 Å². The van der Waals surface area contributed by atoms with E-state index < -0.39 is 0 Å². The lowest BCUT2D eigenvalue weighted by Gasteiger charge is -2.21. The summed E-state index contributed by atoms with van der Waals surface area (Å²) in [6.07, 6.45) is 3.07. The highest BCUT2D eigenvalue weighted by Crippen LogP contribution is 2.15. The maximum Gasteiger partial charge on any atom is 0.149 e. The molecule has 1 aromatic heterocycles. The molecule has 0 aliphatic rings. The highest BCUT2D eigenvalue weighted by Gasteiger charge is 2.15. The van der Waals surface area contributed by atoms with Crippen LogP contribution in [0.3, 0.4) is 0 Å². The van der Waals surface area contributed by atoms with Crippen molar-refractivity contribution in [3.63, 3.8) is 0 Å². The van der Waals surface area contributed by atoms with Crippen LogP contribution in [0.5, 0.6) is 0 Å². The average molecular weight is 216 g/mol. The van der Waals surface area contributed by atoms with Crippen molar-refractivity contribution >= 4 is 17.4 Å². The maximum absolute atomic E-state index is 9.02. The van der Waals surface area contributed by atoms with Gasteiger partial charge in [0, 0.05) is 18.6 Å². The van der Waals surface area contributed by atoms with Crippen molar-refractivity contribution in [2.24, 2.45) is 5.41 Å². The van der Waals surface area contributed by atoms with Crippen LogP contribution in [0.15, 0.2) is 12.4 Å². The molecule has 0 amide bonds. The van der Waals surface area contributed by atoms with Gasteiger partial charge in [0.2, 0.25) is 0 Å². The third-order valence-corrected chi connectivity index (χ3v) is 1.96. The Morgan fingerprint density at radius 2 is 2.21 bits per heavy atom. The molecule has 1 aromatic rings. The molecule has 0 saturated heterocycles. The SMILES string of the molecule is CC(C)(CO)CNc1cncc(Cl)n1. The first-order valence-electron chi connectivity index (χ1n) is 4.36. The minimum atomic E-state index is -0.177. The van der Waals surface area contributed by atoms with Gasteiger partial charge in [-0.2, -0.15) is 0 Å². The highest BCUT2D eigenvalue weighted by molar-refractivity contribution is 6.29. The molecule has 1 rings (SSSR count). The van der Waals surface area contributed by atoms with E-state index in [1.807, 2.05) is 13.8 Å². The van der Waals surface area contributed by atoms with Crippen molar-refractivity contribution in [2.45, 2.75) is 13.8 Å². The van der Waals surface area contributed by atoms with E-state index in [9.17, 15) is 0 Å². The fraction of sp³-hybridized carbons (Fsp3) is 0.556. The predicted octanol–water partition coefficient (Wildman–Crippen LogP) is 1.56. The Morgan fingerprint density at radius 1 is 1.50 bits per heavy atom. The van der Waals surface area contributed by atoms with Crippen LogP contribution in [0.1, 0.15) is 13.8 Å². The van der Waals surface area contributed by atoms with Gasteiger partial charge in [0.15, 0.2) is 0 Å². The summed E-state index contributed by atoms with van der Waals surface area (Å²) in [7, 11) is 0. The van der Waals surface area contributed by atoms with Crippen LogP contribution in [0, 0.1) is 5.41 Å². The molecule has 0 aliphatic carbocycles. The third-order valence-electron chi connectivity index (χ3n) is 1.78. The van der Waals surface area contributed by atoms with Gasteiger partial charge in [0.05, 0.1) is 12.4 Å². The Morgan fingerprint density at radius 3 is 2.79 bits per heavy atom. The molecule has 5 heteroatoms. The van der Waals surface area contributed by atoms with E-state index in [0.29, 0.717) is 17.5 Å². The fourth-order valence-electron chi connectivity index (χ4n) is 0.813. The van der Waals surface area contributed by atoms with Crippen LogP contribution >= 0.6 is 11.6 Å². The van der Waals surface area contributed by atoms with Crippen molar-refractivity contribution in [1.82, 2.24) is 9.97 Å². The summed E-state index contributed by atoms with van der Waals surface area (Å²) >= 11 is 5.67. The lowest BCUT2D eigenvalue weighted by Crippen LogP contribution is -2.27. The first-order chi connectivity index (χ1) is 6.53. The third kappa shape index (κ3) is 3.47. The lowest BCUT2D eigenvalue weighted by atomic mass is 9.95. The van der Waals surface area contributed by atoms with Crippen LogP contribution < -0.4 is 5.32 Å². The lowest BCUT2D eigenvalue weighted by molar-refractivity contribution is 0.170. The molecular weight excluding hydrogens is 202 g/mol. The number of aliphatic hydroxyl groups is 1. The van der Waals surface area contributed by atoms with Gasteiger partial charge in [-0.25, -0.2) is 4.98 Å². The Labute approximate surface area is 88.3 Å². The molecule has 4 nitrogen and oxygen atoms in total. The Bertz CT molecular complexity index is 304. The summed E-state index contributed by atoms with van der Waals surface area (Å²) in [5, 5.41) is 12.4. The molecule has 78 valence electrons. The van der Waals surface area contributed by atoms with E-state index in [2.05, 4.69) is 15.3 Å². The number of halogens is 1. The Balaban J connectivity index is 2.54. The minimum Gasteiger partial charge on any atom is -0.396 e. The molecular formula is C9H14ClN3O. The van der Waals surface area contributed by atoms with E-state index in [0.717, 1.165) is 0 Å². The van der Waals surface area contributed by atoms with Gasteiger partial charge >= 0.3 is 0 Å². The molecule has 0 aliphatic heterocycles. The summed E-state index contributed by atoms with van der Waals surface area (Å²) < 4.78 is 0. The number of aromatic nitrogens is 2. The molecule has 0 aromatic carbocycles. The standard InChI is InChI=1S/C9H14ClN3O/c1-9(2,6-14)5-12-8-4-11-3-7(10)13-8/h3-4,14H,5-6H2,1-2H3,(H,12,13). The molecule has 0 spiro atoms. The van der Waals surface area contributed by atoms with E-state index >= 15 is 0 Å². The average Bonchev–Trinajstić information content (AvgIpc) is 2.15. The van der Waals surface area contributed by atoms with Gasteiger partial charge in [-0.15, -0.1) is 0 Å². The predicted molar refractivity (Wildman–Crippen MR) is 56.4 cm³/mol. The second kappa shape index (κ2) is 4.57. The summed E-state index contributed by atoms with van der Waals surface area (Å²) in [5.74, 6) is 0.624. The Hall–Kier alpha value is -0.870.